The van der Waals surface area contributed by atoms with E-state index in [1.54, 1.807) is 0 Å². The summed E-state index contributed by atoms with van der Waals surface area (Å²) in [4.78, 5) is 16.1. The maximum Gasteiger partial charge on any atom is 0.433 e. The highest BCUT2D eigenvalue weighted by molar-refractivity contribution is 6.36. The highest BCUT2D eigenvalue weighted by Gasteiger charge is 2.36. The number of unbranched alkanes of at least 4 members (excludes halogenated alkanes) is 3. The summed E-state index contributed by atoms with van der Waals surface area (Å²) in [6.45, 7) is 3.91. The molecule has 0 aromatic carbocycles. The number of nitrogens with zero attached hydrogens (tertiary/aromatic N) is 3. The first kappa shape index (κ1) is 18.5. The fourth-order valence-corrected chi connectivity index (χ4v) is 2.54. The number of halogens is 4. The van der Waals surface area contributed by atoms with Gasteiger partial charge in [0.15, 0.2) is 11.3 Å². The summed E-state index contributed by atoms with van der Waals surface area (Å²) in [6.07, 6.45) is -0.750. The van der Waals surface area contributed by atoms with Gasteiger partial charge in [-0.15, -0.1) is 0 Å². The zero-order chi connectivity index (χ0) is 17.9. The van der Waals surface area contributed by atoms with Crippen LogP contribution in [0.4, 0.5) is 13.2 Å². The first-order valence-electron chi connectivity index (χ1n) is 7.67. The fourth-order valence-electron chi connectivity index (χ4n) is 2.30. The number of carbonyl (C=O) groups is 1. The van der Waals surface area contributed by atoms with E-state index in [2.05, 4.69) is 22.3 Å². The van der Waals surface area contributed by atoms with Crippen molar-refractivity contribution < 1.29 is 18.0 Å². The van der Waals surface area contributed by atoms with Crippen LogP contribution in [0.2, 0.25) is 5.02 Å². The molecule has 0 unspecified atom stereocenters. The Morgan fingerprint density at radius 1 is 1.33 bits per heavy atom. The normalized spacial score (nSPS) is 11.9. The lowest BCUT2D eigenvalue weighted by atomic mass is 10.2. The van der Waals surface area contributed by atoms with Crippen LogP contribution >= 0.6 is 11.6 Å². The fraction of sp³-hybridized carbons (Fsp3) is 0.533. The highest BCUT2D eigenvalue weighted by atomic mass is 35.5. The lowest BCUT2D eigenvalue weighted by Crippen LogP contribution is -2.25. The topological polar surface area (TPSA) is 59.3 Å². The average Bonchev–Trinajstić information content (AvgIpc) is 2.82. The van der Waals surface area contributed by atoms with Crippen molar-refractivity contribution in [3.63, 3.8) is 0 Å². The first-order chi connectivity index (χ1) is 11.3. The van der Waals surface area contributed by atoms with Crippen LogP contribution in [0.25, 0.3) is 5.65 Å². The third-order valence-corrected chi connectivity index (χ3v) is 3.83. The molecule has 0 atom stereocenters. The molecule has 0 bridgehead atoms. The van der Waals surface area contributed by atoms with Crippen LogP contribution in [0.1, 0.15) is 54.5 Å². The minimum atomic E-state index is -4.63. The molecule has 1 amide bonds. The van der Waals surface area contributed by atoms with E-state index >= 15 is 0 Å². The van der Waals surface area contributed by atoms with Gasteiger partial charge in [-0.1, -0.05) is 37.8 Å². The molecule has 5 nitrogen and oxygen atoms in total. The quantitative estimate of drug-likeness (QED) is 0.789. The van der Waals surface area contributed by atoms with Gasteiger partial charge in [-0.05, 0) is 19.4 Å². The van der Waals surface area contributed by atoms with Gasteiger partial charge in [-0.3, -0.25) is 4.79 Å². The van der Waals surface area contributed by atoms with Gasteiger partial charge in [-0.25, -0.2) is 9.50 Å². The lowest BCUT2D eigenvalue weighted by molar-refractivity contribution is -0.142. The van der Waals surface area contributed by atoms with E-state index in [4.69, 9.17) is 11.6 Å². The summed E-state index contributed by atoms with van der Waals surface area (Å²) in [5, 5.41) is 6.16. The van der Waals surface area contributed by atoms with E-state index in [9.17, 15) is 18.0 Å². The molecule has 132 valence electrons. The molecule has 0 fully saturated rings. The molecule has 0 aliphatic carbocycles. The molecular formula is C15H18ClF3N4O. The Balaban J connectivity index is 2.29. The molecule has 2 aromatic rings. The van der Waals surface area contributed by atoms with Crippen LogP contribution < -0.4 is 5.32 Å². The molecule has 0 saturated carbocycles. The van der Waals surface area contributed by atoms with Crippen LogP contribution in [0.15, 0.2) is 6.07 Å². The van der Waals surface area contributed by atoms with E-state index in [1.807, 2.05) is 0 Å². The number of aromatic nitrogens is 3. The maximum atomic E-state index is 13.1. The summed E-state index contributed by atoms with van der Waals surface area (Å²) in [5.74, 6) is -0.604. The molecule has 24 heavy (non-hydrogen) atoms. The van der Waals surface area contributed by atoms with Gasteiger partial charge in [0.1, 0.15) is 10.7 Å². The van der Waals surface area contributed by atoms with Gasteiger partial charge in [-0.2, -0.15) is 18.3 Å². The van der Waals surface area contributed by atoms with Crippen LogP contribution in [0.5, 0.6) is 0 Å². The second-order valence-electron chi connectivity index (χ2n) is 5.50. The molecule has 0 saturated heterocycles. The Kier molecular flexibility index (Phi) is 5.69. The monoisotopic (exact) mass is 362 g/mol. The number of alkyl halides is 3. The number of nitrogens with one attached hydrogen (secondary N) is 1. The number of amides is 1. The summed E-state index contributed by atoms with van der Waals surface area (Å²) in [5.41, 5.74) is -1.31. The number of fused-ring (bicyclic) bond motifs is 1. The zero-order valence-electron chi connectivity index (χ0n) is 13.4. The Labute approximate surface area is 142 Å². The third kappa shape index (κ3) is 3.98. The predicted octanol–water partition coefficient (Wildman–Crippen LogP) is 4.02. The van der Waals surface area contributed by atoms with Crippen molar-refractivity contribution in [2.75, 3.05) is 6.54 Å². The minimum Gasteiger partial charge on any atom is -0.351 e. The van der Waals surface area contributed by atoms with Crippen LogP contribution in [0, 0.1) is 6.92 Å². The van der Waals surface area contributed by atoms with Gasteiger partial charge in [0.05, 0.1) is 0 Å². The highest BCUT2D eigenvalue weighted by Crippen LogP contribution is 2.32. The van der Waals surface area contributed by atoms with Crippen LogP contribution in [0.3, 0.4) is 0 Å². The molecule has 0 aliphatic rings. The van der Waals surface area contributed by atoms with Crippen molar-refractivity contribution in [1.29, 1.82) is 0 Å². The zero-order valence-corrected chi connectivity index (χ0v) is 14.1. The van der Waals surface area contributed by atoms with E-state index in [0.717, 1.165) is 31.7 Å². The Bertz CT molecular complexity index is 742. The van der Waals surface area contributed by atoms with Gasteiger partial charge in [0.25, 0.3) is 5.91 Å². The Morgan fingerprint density at radius 3 is 2.67 bits per heavy atom. The van der Waals surface area contributed by atoms with E-state index < -0.39 is 17.8 Å². The maximum absolute atomic E-state index is 13.1. The SMILES string of the molecule is CCCCCCNC(=O)c1nn2c(C(F)(F)F)cc(C)nc2c1Cl. The van der Waals surface area contributed by atoms with Gasteiger partial charge < -0.3 is 5.32 Å². The molecule has 1 N–H and O–H groups in total. The van der Waals surface area contributed by atoms with E-state index in [0.29, 0.717) is 11.1 Å². The first-order valence-corrected chi connectivity index (χ1v) is 8.04. The number of carbonyl (C=O) groups excluding carboxylic acids is 1. The van der Waals surface area contributed by atoms with Crippen molar-refractivity contribution in [1.82, 2.24) is 19.9 Å². The molecule has 2 aromatic heterocycles. The largest absolute Gasteiger partial charge is 0.433 e. The Morgan fingerprint density at radius 2 is 2.04 bits per heavy atom. The summed E-state index contributed by atoms with van der Waals surface area (Å²) >= 11 is 6.03. The molecular weight excluding hydrogens is 345 g/mol. The van der Waals surface area contributed by atoms with Crippen molar-refractivity contribution in [3.8, 4) is 0 Å². The minimum absolute atomic E-state index is 0.142. The summed E-state index contributed by atoms with van der Waals surface area (Å²) < 4.78 is 40.0. The summed E-state index contributed by atoms with van der Waals surface area (Å²) in [6, 6.07) is 0.864. The molecule has 0 radical (unpaired) electrons. The van der Waals surface area contributed by atoms with Gasteiger partial charge in [0.2, 0.25) is 0 Å². The number of rotatable bonds is 6. The average molecular weight is 363 g/mol. The summed E-state index contributed by atoms with van der Waals surface area (Å²) in [7, 11) is 0. The number of hydrogen-bond acceptors (Lipinski definition) is 3. The number of aryl methyl sites for hydroxylation is 1. The molecule has 9 heteroatoms. The predicted molar refractivity (Wildman–Crippen MR) is 84.2 cm³/mol. The van der Waals surface area contributed by atoms with Crippen molar-refractivity contribution >= 4 is 23.2 Å². The lowest BCUT2D eigenvalue weighted by Gasteiger charge is -2.09. The molecule has 2 rings (SSSR count). The van der Waals surface area contributed by atoms with Crippen molar-refractivity contribution in [2.45, 2.75) is 45.7 Å². The smallest absolute Gasteiger partial charge is 0.351 e. The molecule has 0 aliphatic heterocycles. The Hall–Kier alpha value is -1.83. The third-order valence-electron chi connectivity index (χ3n) is 3.48. The van der Waals surface area contributed by atoms with Crippen molar-refractivity contribution in [2.24, 2.45) is 0 Å². The molecule has 2 heterocycles. The van der Waals surface area contributed by atoms with E-state index in [1.165, 1.54) is 6.92 Å². The van der Waals surface area contributed by atoms with Crippen molar-refractivity contribution in [3.05, 3.63) is 28.2 Å². The van der Waals surface area contributed by atoms with Gasteiger partial charge >= 0.3 is 6.18 Å². The van der Waals surface area contributed by atoms with E-state index in [-0.39, 0.29) is 22.1 Å². The van der Waals surface area contributed by atoms with Crippen LogP contribution in [-0.2, 0) is 6.18 Å². The number of hydrogen-bond donors (Lipinski definition) is 1. The molecule has 0 spiro atoms. The van der Waals surface area contributed by atoms with Gasteiger partial charge in [0, 0.05) is 12.2 Å². The van der Waals surface area contributed by atoms with Crippen LogP contribution in [-0.4, -0.2) is 27.0 Å². The second kappa shape index (κ2) is 7.38. The standard InChI is InChI=1S/C15H18ClF3N4O/c1-3-4-5-6-7-20-14(24)12-11(16)13-21-9(2)8-10(15(17,18)19)23(13)22-12/h8H,3-7H2,1-2H3,(H,20,24). The second-order valence-corrected chi connectivity index (χ2v) is 5.87.